The number of hydrogen-bond donors (Lipinski definition) is 1. The Morgan fingerprint density at radius 2 is 1.52 bits per heavy atom. The van der Waals surface area contributed by atoms with Crippen molar-refractivity contribution >= 4 is 16.9 Å². The summed E-state index contributed by atoms with van der Waals surface area (Å²) >= 11 is 0. The summed E-state index contributed by atoms with van der Waals surface area (Å²) in [7, 11) is -4.48. The number of hydrogen-bond acceptors (Lipinski definition) is 5. The molecule has 1 heterocycles. The van der Waals surface area contributed by atoms with E-state index in [2.05, 4.69) is 130 Å². The summed E-state index contributed by atoms with van der Waals surface area (Å²) in [4.78, 5) is 0. The van der Waals surface area contributed by atoms with Gasteiger partial charge in [-0.2, -0.15) is 0 Å². The van der Waals surface area contributed by atoms with E-state index >= 15 is 0 Å². The minimum Gasteiger partial charge on any atom is -0.493 e. The SMILES string of the molecule is CCCCCc1ccc(-c2ccc(-c3cc(CCCO)c4c(c3)CCCO[Si](C)(C(C)(C)C)OCC(CO[Si](C)(C)C(C)(C)C)CCO4)c(CC)c2)cc1. The molecular formula is C47H74O5Si2. The normalized spacial score (nSPS) is 19.3. The third-order valence-corrected chi connectivity index (χ3v) is 20.9. The fourth-order valence-corrected chi connectivity index (χ4v) is 10.0. The van der Waals surface area contributed by atoms with Crippen LogP contribution in [0.3, 0.4) is 0 Å². The molecule has 0 bridgehead atoms. The molecule has 1 aliphatic heterocycles. The molecule has 54 heavy (non-hydrogen) atoms. The van der Waals surface area contributed by atoms with Gasteiger partial charge >= 0.3 is 8.56 Å². The molecule has 0 radical (unpaired) electrons. The molecule has 1 N–H and O–H groups in total. The highest BCUT2D eigenvalue weighted by Gasteiger charge is 2.45. The molecule has 300 valence electrons. The second-order valence-corrected chi connectivity index (χ2v) is 27.1. The van der Waals surface area contributed by atoms with E-state index in [0.29, 0.717) is 32.8 Å². The second-order valence-electron chi connectivity index (χ2n) is 18.4. The van der Waals surface area contributed by atoms with Crippen LogP contribution in [0.25, 0.3) is 22.3 Å². The zero-order valence-corrected chi connectivity index (χ0v) is 38.0. The van der Waals surface area contributed by atoms with Crippen molar-refractivity contribution in [3.05, 3.63) is 76.9 Å². The fraction of sp³-hybridized carbons (Fsp3) is 0.617. The first-order valence-electron chi connectivity index (χ1n) is 21.1. The predicted octanol–water partition coefficient (Wildman–Crippen LogP) is 12.5. The first-order valence-corrected chi connectivity index (χ1v) is 26.3. The molecule has 4 rings (SSSR count). The van der Waals surface area contributed by atoms with Crippen LogP contribution in [-0.4, -0.2) is 55.0 Å². The summed E-state index contributed by atoms with van der Waals surface area (Å²) in [5.74, 6) is 1.19. The van der Waals surface area contributed by atoms with E-state index in [9.17, 15) is 5.11 Å². The van der Waals surface area contributed by atoms with E-state index in [1.165, 1.54) is 63.8 Å². The van der Waals surface area contributed by atoms with Gasteiger partial charge in [-0.05, 0) is 133 Å². The molecular weight excluding hydrogens is 701 g/mol. The van der Waals surface area contributed by atoms with Gasteiger partial charge in [-0.3, -0.25) is 0 Å². The summed E-state index contributed by atoms with van der Waals surface area (Å²) in [6.45, 7) is 27.7. The van der Waals surface area contributed by atoms with Gasteiger partial charge in [0.1, 0.15) is 5.75 Å². The maximum Gasteiger partial charge on any atom is 0.340 e. The van der Waals surface area contributed by atoms with Crippen molar-refractivity contribution in [2.24, 2.45) is 5.92 Å². The molecule has 3 aromatic carbocycles. The molecule has 0 saturated heterocycles. The predicted molar refractivity (Wildman–Crippen MR) is 234 cm³/mol. The summed E-state index contributed by atoms with van der Waals surface area (Å²) in [5, 5.41) is 10.0. The lowest BCUT2D eigenvalue weighted by Gasteiger charge is -2.40. The van der Waals surface area contributed by atoms with Crippen molar-refractivity contribution in [3.8, 4) is 28.0 Å². The highest BCUT2D eigenvalue weighted by Crippen LogP contribution is 2.41. The monoisotopic (exact) mass is 775 g/mol. The molecule has 3 aromatic rings. The number of unbranched alkanes of at least 4 members (excludes halogenated alkanes) is 2. The van der Waals surface area contributed by atoms with Gasteiger partial charge < -0.3 is 23.1 Å². The van der Waals surface area contributed by atoms with Gasteiger partial charge in [0, 0.05) is 37.4 Å². The maximum absolute atomic E-state index is 9.95. The number of aryl methyl sites for hydroxylation is 4. The number of benzene rings is 3. The van der Waals surface area contributed by atoms with E-state index in [1.54, 1.807) is 0 Å². The molecule has 0 spiro atoms. The van der Waals surface area contributed by atoms with Gasteiger partial charge in [-0.25, -0.2) is 0 Å². The quantitative estimate of drug-likeness (QED) is 0.138. The standard InChI is InChI=1S/C47H74O5Si2/c1-12-14-15-18-36-21-23-39(24-22-36)40-25-26-44(38(13-2)31-40)43-32-41(19-16-28-48)45-42(33-43)20-17-29-50-54(11,47(6,7)8)52-35-37(27-30-49-45)34-51-53(9,10)46(3,4)5/h21-26,31-33,37,48H,12-20,27-30,34-35H2,1-11H3. The molecule has 0 aromatic heterocycles. The van der Waals surface area contributed by atoms with Crippen LogP contribution in [0.5, 0.6) is 5.75 Å². The van der Waals surface area contributed by atoms with Crippen LogP contribution < -0.4 is 4.74 Å². The molecule has 0 aliphatic carbocycles. The van der Waals surface area contributed by atoms with Crippen LogP contribution in [0.1, 0.15) is 116 Å². The van der Waals surface area contributed by atoms with Gasteiger partial charge in [0.15, 0.2) is 8.32 Å². The molecule has 1 aliphatic rings. The Kier molecular flexibility index (Phi) is 16.2. The minimum atomic E-state index is -2.54. The van der Waals surface area contributed by atoms with Gasteiger partial charge in [0.25, 0.3) is 0 Å². The van der Waals surface area contributed by atoms with Crippen molar-refractivity contribution in [1.82, 2.24) is 0 Å². The summed E-state index contributed by atoms with van der Waals surface area (Å²) in [5.41, 5.74) is 10.2. The Morgan fingerprint density at radius 1 is 0.815 bits per heavy atom. The fourth-order valence-electron chi connectivity index (χ4n) is 6.89. The van der Waals surface area contributed by atoms with Crippen molar-refractivity contribution in [2.75, 3.05) is 33.0 Å². The number of aliphatic hydroxyl groups excluding tert-OH is 1. The molecule has 0 fully saturated rings. The van der Waals surface area contributed by atoms with Gasteiger partial charge in [-0.1, -0.05) is 111 Å². The highest BCUT2D eigenvalue weighted by molar-refractivity contribution is 6.74. The van der Waals surface area contributed by atoms with Crippen molar-refractivity contribution in [3.63, 3.8) is 0 Å². The summed E-state index contributed by atoms with van der Waals surface area (Å²) < 4.78 is 27.3. The molecule has 0 amide bonds. The lowest BCUT2D eigenvalue weighted by molar-refractivity contribution is 0.0974. The molecule has 5 nitrogen and oxygen atoms in total. The third kappa shape index (κ3) is 11.9. The van der Waals surface area contributed by atoms with E-state index < -0.39 is 16.9 Å². The van der Waals surface area contributed by atoms with Crippen LogP contribution in [-0.2, 0) is 39.0 Å². The zero-order chi connectivity index (χ0) is 39.6. The van der Waals surface area contributed by atoms with Crippen LogP contribution in [0.2, 0.25) is 29.7 Å². The van der Waals surface area contributed by atoms with Crippen molar-refractivity contribution < 1.29 is 23.1 Å². The minimum absolute atomic E-state index is 0.0730. The summed E-state index contributed by atoms with van der Waals surface area (Å²) in [6.07, 6.45) is 9.92. The van der Waals surface area contributed by atoms with Gasteiger partial charge in [0.2, 0.25) is 0 Å². The van der Waals surface area contributed by atoms with E-state index in [0.717, 1.165) is 44.3 Å². The molecule has 2 unspecified atom stereocenters. The van der Waals surface area contributed by atoms with Crippen LogP contribution in [0.4, 0.5) is 0 Å². The molecule has 2 atom stereocenters. The Morgan fingerprint density at radius 3 is 2.17 bits per heavy atom. The number of rotatable bonds is 13. The summed E-state index contributed by atoms with van der Waals surface area (Å²) in [6, 6.07) is 20.8. The molecule has 0 saturated carbocycles. The Bertz CT molecular complexity index is 1600. The lowest BCUT2D eigenvalue weighted by atomic mass is 9.89. The van der Waals surface area contributed by atoms with Crippen LogP contribution >= 0.6 is 0 Å². The molecule has 7 heteroatoms. The highest BCUT2D eigenvalue weighted by atomic mass is 28.4. The topological polar surface area (TPSA) is 57.2 Å². The first kappa shape index (κ1) is 44.4. The van der Waals surface area contributed by atoms with Gasteiger partial charge in [0.05, 0.1) is 6.61 Å². The average Bonchev–Trinajstić information content (AvgIpc) is 3.14. The number of fused-ring (bicyclic) bond motifs is 1. The largest absolute Gasteiger partial charge is 0.493 e. The zero-order valence-electron chi connectivity index (χ0n) is 36.0. The number of ether oxygens (including phenoxy) is 1. The van der Waals surface area contributed by atoms with Crippen molar-refractivity contribution in [1.29, 1.82) is 0 Å². The van der Waals surface area contributed by atoms with E-state index in [1.807, 2.05) is 0 Å². The van der Waals surface area contributed by atoms with Crippen molar-refractivity contribution in [2.45, 2.75) is 149 Å². The average molecular weight is 775 g/mol. The Hall–Kier alpha value is -2.27. The Balaban J connectivity index is 1.68. The second kappa shape index (κ2) is 19.7. The van der Waals surface area contributed by atoms with E-state index in [-0.39, 0.29) is 22.6 Å². The van der Waals surface area contributed by atoms with Crippen LogP contribution in [0, 0.1) is 5.92 Å². The Labute approximate surface area is 332 Å². The lowest BCUT2D eigenvalue weighted by Crippen LogP contribution is -2.49. The van der Waals surface area contributed by atoms with Crippen LogP contribution in [0.15, 0.2) is 54.6 Å². The smallest absolute Gasteiger partial charge is 0.340 e. The first-order chi connectivity index (χ1) is 25.5. The van der Waals surface area contributed by atoms with E-state index in [4.69, 9.17) is 18.0 Å². The number of aliphatic hydroxyl groups is 1. The third-order valence-electron chi connectivity index (χ3n) is 12.2. The maximum atomic E-state index is 9.95. The van der Waals surface area contributed by atoms with Gasteiger partial charge in [-0.15, -0.1) is 0 Å².